The monoisotopic (exact) mass is 353 g/mol. The molecule has 0 fully saturated rings. The number of aromatic nitrogens is 1. The van der Waals surface area contributed by atoms with Crippen molar-refractivity contribution in [2.45, 2.75) is 26.4 Å². The Kier molecular flexibility index (Phi) is 5.15. The number of alkyl halides is 3. The second kappa shape index (κ2) is 6.82. The van der Waals surface area contributed by atoms with Crippen molar-refractivity contribution in [2.24, 2.45) is 23.5 Å². The van der Waals surface area contributed by atoms with Gasteiger partial charge in [0.15, 0.2) is 0 Å². The first-order valence-electron chi connectivity index (χ1n) is 7.89. The number of aliphatic hydroxyl groups excluding tert-OH is 1. The fourth-order valence-electron chi connectivity index (χ4n) is 3.14. The van der Waals surface area contributed by atoms with Crippen LogP contribution in [0, 0.1) is 17.8 Å². The minimum absolute atomic E-state index is 0.0505. The summed E-state index contributed by atoms with van der Waals surface area (Å²) in [7, 11) is 0. The minimum Gasteiger partial charge on any atom is -0.512 e. The van der Waals surface area contributed by atoms with Crippen LogP contribution in [0.25, 0.3) is 5.70 Å². The summed E-state index contributed by atoms with van der Waals surface area (Å²) in [5, 5.41) is 13.2. The third kappa shape index (κ3) is 3.97. The fraction of sp³-hybridized carbons (Fsp3) is 0.389. The number of nitrogens with zero attached hydrogens (tertiary/aromatic N) is 1. The van der Waals surface area contributed by atoms with Gasteiger partial charge in [-0.15, -0.1) is 0 Å². The van der Waals surface area contributed by atoms with Gasteiger partial charge in [0.1, 0.15) is 5.76 Å². The molecule has 3 atom stereocenters. The van der Waals surface area contributed by atoms with Crippen molar-refractivity contribution in [3.63, 3.8) is 0 Å². The predicted molar refractivity (Wildman–Crippen MR) is 92.4 cm³/mol. The Morgan fingerprint density at radius 3 is 2.44 bits per heavy atom. The van der Waals surface area contributed by atoms with Gasteiger partial charge in [0.2, 0.25) is 0 Å². The zero-order valence-corrected chi connectivity index (χ0v) is 14.2. The summed E-state index contributed by atoms with van der Waals surface area (Å²) in [6, 6.07) is 3.30. The predicted octanol–water partition coefficient (Wildman–Crippen LogP) is 4.60. The zero-order valence-electron chi connectivity index (χ0n) is 14.2. The van der Waals surface area contributed by atoms with Gasteiger partial charge < -0.3 is 16.2 Å². The molecule has 1 aromatic rings. The number of rotatable bonds is 4. The van der Waals surface area contributed by atoms with Crippen LogP contribution < -0.4 is 11.1 Å². The second-order valence-corrected chi connectivity index (χ2v) is 6.43. The van der Waals surface area contributed by atoms with E-state index in [2.05, 4.69) is 23.5 Å². The third-order valence-corrected chi connectivity index (χ3v) is 4.54. The molecule has 0 radical (unpaired) electrons. The molecule has 0 spiro atoms. The number of nitrogens with one attached hydrogen (secondary N) is 1. The summed E-state index contributed by atoms with van der Waals surface area (Å²) in [6.07, 6.45) is -2.99. The molecule has 4 nitrogen and oxygen atoms in total. The molecule has 3 unspecified atom stereocenters. The van der Waals surface area contributed by atoms with Gasteiger partial charge in [0, 0.05) is 17.2 Å². The van der Waals surface area contributed by atoms with E-state index in [-0.39, 0.29) is 23.5 Å². The molecule has 0 saturated carbocycles. The lowest BCUT2D eigenvalue weighted by atomic mass is 9.73. The second-order valence-electron chi connectivity index (χ2n) is 6.43. The smallest absolute Gasteiger partial charge is 0.392 e. The van der Waals surface area contributed by atoms with Crippen molar-refractivity contribution in [1.82, 2.24) is 4.98 Å². The van der Waals surface area contributed by atoms with Crippen LogP contribution in [-0.4, -0.2) is 16.3 Å². The Morgan fingerprint density at radius 1 is 1.32 bits per heavy atom. The molecule has 0 aliphatic heterocycles. The molecular formula is C18H22F3N3O. The average Bonchev–Trinajstić information content (AvgIpc) is 2.50. The molecule has 0 saturated heterocycles. The SMILES string of the molecule is C=C(Nc1ccc(C(=C)N)nc1)C1=C(O)C(C)CC(C(F)(F)F)C1C. The van der Waals surface area contributed by atoms with Crippen molar-refractivity contribution in [3.8, 4) is 0 Å². The van der Waals surface area contributed by atoms with E-state index >= 15 is 0 Å². The normalized spacial score (nSPS) is 24.1. The molecule has 2 rings (SSSR count). The van der Waals surface area contributed by atoms with Crippen molar-refractivity contribution in [2.75, 3.05) is 5.32 Å². The zero-order chi connectivity index (χ0) is 18.9. The summed E-state index contributed by atoms with van der Waals surface area (Å²) in [5.74, 6) is -3.05. The lowest BCUT2D eigenvalue weighted by Gasteiger charge is -2.36. The summed E-state index contributed by atoms with van der Waals surface area (Å²) in [4.78, 5) is 4.10. The van der Waals surface area contributed by atoms with E-state index < -0.39 is 23.9 Å². The van der Waals surface area contributed by atoms with Gasteiger partial charge >= 0.3 is 6.18 Å². The number of nitrogens with two attached hydrogens (primary N) is 1. The maximum atomic E-state index is 13.3. The van der Waals surface area contributed by atoms with E-state index in [0.29, 0.717) is 17.1 Å². The Hall–Kier alpha value is -2.44. The van der Waals surface area contributed by atoms with E-state index in [1.807, 2.05) is 0 Å². The molecule has 1 aromatic heterocycles. The van der Waals surface area contributed by atoms with Gasteiger partial charge in [0.05, 0.1) is 29.2 Å². The number of hydrogen-bond donors (Lipinski definition) is 3. The summed E-state index contributed by atoms with van der Waals surface area (Å²) in [5.41, 5.74) is 7.33. The lowest BCUT2D eigenvalue weighted by molar-refractivity contribution is -0.190. The highest BCUT2D eigenvalue weighted by molar-refractivity contribution is 5.60. The number of pyridine rings is 1. The summed E-state index contributed by atoms with van der Waals surface area (Å²) in [6.45, 7) is 10.4. The molecular weight excluding hydrogens is 331 g/mol. The van der Waals surface area contributed by atoms with Crippen molar-refractivity contribution in [1.29, 1.82) is 0 Å². The molecule has 0 amide bonds. The van der Waals surface area contributed by atoms with Gasteiger partial charge in [-0.25, -0.2) is 0 Å². The molecule has 4 N–H and O–H groups in total. The number of halogens is 3. The highest BCUT2D eigenvalue weighted by Crippen LogP contribution is 2.47. The van der Waals surface area contributed by atoms with Crippen molar-refractivity contribution in [3.05, 3.63) is 54.2 Å². The van der Waals surface area contributed by atoms with Gasteiger partial charge in [0.25, 0.3) is 0 Å². The minimum atomic E-state index is -4.33. The lowest BCUT2D eigenvalue weighted by Crippen LogP contribution is -2.36. The molecule has 1 aliphatic rings. The Labute approximate surface area is 145 Å². The summed E-state index contributed by atoms with van der Waals surface area (Å²) >= 11 is 0. The van der Waals surface area contributed by atoms with E-state index in [4.69, 9.17) is 5.73 Å². The van der Waals surface area contributed by atoms with Gasteiger partial charge in [-0.2, -0.15) is 13.2 Å². The van der Waals surface area contributed by atoms with Crippen molar-refractivity contribution >= 4 is 11.4 Å². The van der Waals surface area contributed by atoms with E-state index in [9.17, 15) is 18.3 Å². The highest BCUT2D eigenvalue weighted by atomic mass is 19.4. The Bertz CT molecular complexity index is 707. The first kappa shape index (κ1) is 18.9. The highest BCUT2D eigenvalue weighted by Gasteiger charge is 2.48. The van der Waals surface area contributed by atoms with Crippen LogP contribution >= 0.6 is 0 Å². The largest absolute Gasteiger partial charge is 0.512 e. The standard InChI is InChI=1S/C18H22F3N3O/c1-9-7-14(18(19,20)21)10(2)16(17(9)25)12(4)24-13-5-6-15(11(3)22)23-8-13/h5-6,8-10,14,24-25H,3-4,7,22H2,1-2H3. The van der Waals surface area contributed by atoms with Crippen LogP contribution in [0.4, 0.5) is 18.9 Å². The number of anilines is 1. The fourth-order valence-corrected chi connectivity index (χ4v) is 3.14. The topological polar surface area (TPSA) is 71.2 Å². The third-order valence-electron chi connectivity index (χ3n) is 4.54. The van der Waals surface area contributed by atoms with Crippen LogP contribution in [-0.2, 0) is 0 Å². The number of aliphatic hydroxyl groups is 1. The first-order chi connectivity index (χ1) is 11.5. The average molecular weight is 353 g/mol. The van der Waals surface area contributed by atoms with Crippen LogP contribution in [0.1, 0.15) is 26.0 Å². The summed E-state index contributed by atoms with van der Waals surface area (Å²) < 4.78 is 39.9. The Morgan fingerprint density at radius 2 is 1.96 bits per heavy atom. The molecule has 1 aliphatic carbocycles. The van der Waals surface area contributed by atoms with Gasteiger partial charge in [-0.05, 0) is 24.5 Å². The van der Waals surface area contributed by atoms with Crippen LogP contribution in [0.15, 0.2) is 48.5 Å². The van der Waals surface area contributed by atoms with Crippen LogP contribution in [0.5, 0.6) is 0 Å². The van der Waals surface area contributed by atoms with Crippen LogP contribution in [0.2, 0.25) is 0 Å². The molecule has 0 bridgehead atoms. The van der Waals surface area contributed by atoms with Gasteiger partial charge in [-0.3, -0.25) is 4.98 Å². The van der Waals surface area contributed by atoms with E-state index in [0.717, 1.165) is 0 Å². The van der Waals surface area contributed by atoms with Crippen molar-refractivity contribution < 1.29 is 18.3 Å². The molecule has 25 heavy (non-hydrogen) atoms. The molecule has 7 heteroatoms. The van der Waals surface area contributed by atoms with Crippen LogP contribution in [0.3, 0.4) is 0 Å². The number of hydrogen-bond acceptors (Lipinski definition) is 4. The quantitative estimate of drug-likeness (QED) is 0.740. The van der Waals surface area contributed by atoms with E-state index in [1.54, 1.807) is 19.1 Å². The maximum absolute atomic E-state index is 13.3. The molecule has 136 valence electrons. The molecule has 0 aromatic carbocycles. The molecule has 1 heterocycles. The van der Waals surface area contributed by atoms with E-state index in [1.165, 1.54) is 13.1 Å². The Balaban J connectivity index is 2.26. The maximum Gasteiger partial charge on any atom is 0.392 e. The number of allylic oxidation sites excluding steroid dienone is 2. The van der Waals surface area contributed by atoms with Gasteiger partial charge in [-0.1, -0.05) is 27.0 Å². The first-order valence-corrected chi connectivity index (χ1v) is 7.89.